The molecule has 0 radical (unpaired) electrons. The quantitative estimate of drug-likeness (QED) is 0.826. The average molecular weight is 379 g/mol. The Balaban J connectivity index is 2.05. The van der Waals surface area contributed by atoms with Crippen LogP contribution in [-0.4, -0.2) is 19.7 Å². The Labute approximate surface area is 140 Å². The molecular formula is C16H12BrFN2O3. The lowest BCUT2D eigenvalue weighted by atomic mass is 9.81. The third-order valence-corrected chi connectivity index (χ3v) is 4.49. The Morgan fingerprint density at radius 1 is 1.30 bits per heavy atom. The molecule has 0 fully saturated rings. The Bertz CT molecular complexity index is 855. The first kappa shape index (κ1) is 14.3. The van der Waals surface area contributed by atoms with Gasteiger partial charge in [0.1, 0.15) is 18.1 Å². The van der Waals surface area contributed by atoms with Crippen LogP contribution in [-0.2, 0) is 10.3 Å². The van der Waals surface area contributed by atoms with Crippen molar-refractivity contribution in [1.29, 1.82) is 0 Å². The van der Waals surface area contributed by atoms with Crippen molar-refractivity contribution in [3.05, 3.63) is 51.7 Å². The second-order valence-electron chi connectivity index (χ2n) is 5.33. The van der Waals surface area contributed by atoms with Gasteiger partial charge in [0.05, 0.1) is 7.11 Å². The van der Waals surface area contributed by atoms with Crippen LogP contribution in [0.3, 0.4) is 0 Å². The van der Waals surface area contributed by atoms with Crippen LogP contribution < -0.4 is 15.2 Å². The second-order valence-corrected chi connectivity index (χ2v) is 6.24. The molecule has 0 aliphatic carbocycles. The predicted octanol–water partition coefficient (Wildman–Crippen LogP) is 3.29. The van der Waals surface area contributed by atoms with E-state index in [-0.39, 0.29) is 18.4 Å². The monoisotopic (exact) mass is 378 g/mol. The predicted molar refractivity (Wildman–Crippen MR) is 85.5 cm³/mol. The van der Waals surface area contributed by atoms with E-state index in [1.807, 2.05) is 6.07 Å². The van der Waals surface area contributed by atoms with Crippen LogP contribution in [0.1, 0.15) is 11.1 Å². The maximum absolute atomic E-state index is 14.4. The molecule has 5 nitrogen and oxygen atoms in total. The first-order valence-electron chi connectivity index (χ1n) is 6.87. The van der Waals surface area contributed by atoms with Crippen molar-refractivity contribution >= 4 is 22.0 Å². The van der Waals surface area contributed by atoms with E-state index in [0.717, 1.165) is 5.56 Å². The van der Waals surface area contributed by atoms with Crippen LogP contribution in [0, 0.1) is 5.82 Å². The molecule has 0 bridgehead atoms. The number of fused-ring (bicyclic) bond motifs is 4. The minimum atomic E-state index is -0.952. The van der Waals surface area contributed by atoms with Crippen molar-refractivity contribution in [2.45, 2.75) is 5.54 Å². The number of methoxy groups -OCH3 is 1. The average Bonchev–Trinajstić information content (AvgIpc) is 2.91. The van der Waals surface area contributed by atoms with Crippen LogP contribution in [0.25, 0.3) is 0 Å². The molecule has 7 heteroatoms. The lowest BCUT2D eigenvalue weighted by Gasteiger charge is -2.33. The van der Waals surface area contributed by atoms with Crippen LogP contribution in [0.15, 0.2) is 39.8 Å². The fourth-order valence-electron chi connectivity index (χ4n) is 2.98. The van der Waals surface area contributed by atoms with Crippen molar-refractivity contribution in [2.75, 3.05) is 13.7 Å². The van der Waals surface area contributed by atoms with Crippen molar-refractivity contribution in [2.24, 2.45) is 10.7 Å². The van der Waals surface area contributed by atoms with Gasteiger partial charge in [-0.15, -0.1) is 0 Å². The summed E-state index contributed by atoms with van der Waals surface area (Å²) in [5.74, 6) is 0.802. The van der Waals surface area contributed by atoms with Gasteiger partial charge in [0, 0.05) is 15.6 Å². The molecule has 2 aromatic carbocycles. The van der Waals surface area contributed by atoms with Crippen molar-refractivity contribution in [1.82, 2.24) is 0 Å². The summed E-state index contributed by atoms with van der Waals surface area (Å²) in [6, 6.07) is 8.47. The highest BCUT2D eigenvalue weighted by Gasteiger charge is 2.48. The molecule has 0 saturated carbocycles. The number of rotatable bonds is 1. The molecule has 2 N–H and O–H groups in total. The molecule has 0 aromatic heterocycles. The van der Waals surface area contributed by atoms with E-state index >= 15 is 0 Å². The normalized spacial score (nSPS) is 21.1. The van der Waals surface area contributed by atoms with E-state index in [0.29, 0.717) is 21.5 Å². The molecule has 4 rings (SSSR count). The van der Waals surface area contributed by atoms with Crippen LogP contribution in [0.5, 0.6) is 17.2 Å². The number of benzene rings is 2. The summed E-state index contributed by atoms with van der Waals surface area (Å²) >= 11 is 3.31. The minimum absolute atomic E-state index is 0.0620. The molecule has 118 valence electrons. The fourth-order valence-corrected chi connectivity index (χ4v) is 3.41. The molecule has 1 atom stereocenters. The zero-order chi connectivity index (χ0) is 16.2. The SMILES string of the molecule is COc1ccc2c(c1)C1(COC(N)=N1)c1cc(Br)cc(F)c1O2. The largest absolute Gasteiger partial charge is 0.497 e. The summed E-state index contributed by atoms with van der Waals surface area (Å²) in [5.41, 5.74) is 6.08. The first-order chi connectivity index (χ1) is 11.0. The van der Waals surface area contributed by atoms with E-state index in [9.17, 15) is 4.39 Å². The van der Waals surface area contributed by atoms with E-state index in [1.54, 1.807) is 25.3 Å². The molecule has 2 aliphatic heterocycles. The fraction of sp³-hybridized carbons (Fsp3) is 0.188. The third-order valence-electron chi connectivity index (χ3n) is 4.03. The molecular weight excluding hydrogens is 367 g/mol. The molecule has 0 saturated heterocycles. The van der Waals surface area contributed by atoms with Crippen LogP contribution in [0.2, 0.25) is 0 Å². The number of halogens is 2. The van der Waals surface area contributed by atoms with Gasteiger partial charge in [0.2, 0.25) is 0 Å². The van der Waals surface area contributed by atoms with Crippen molar-refractivity contribution < 1.29 is 18.6 Å². The molecule has 1 spiro atoms. The van der Waals surface area contributed by atoms with Gasteiger partial charge in [-0.2, -0.15) is 0 Å². The molecule has 2 aromatic rings. The topological polar surface area (TPSA) is 66.1 Å². The highest BCUT2D eigenvalue weighted by atomic mass is 79.9. The maximum atomic E-state index is 14.4. The molecule has 0 amide bonds. The zero-order valence-electron chi connectivity index (χ0n) is 12.1. The van der Waals surface area contributed by atoms with Crippen molar-refractivity contribution in [3.63, 3.8) is 0 Å². The first-order valence-corrected chi connectivity index (χ1v) is 7.67. The maximum Gasteiger partial charge on any atom is 0.283 e. The molecule has 2 aliphatic rings. The minimum Gasteiger partial charge on any atom is -0.497 e. The van der Waals surface area contributed by atoms with Gasteiger partial charge in [-0.1, -0.05) is 15.9 Å². The summed E-state index contributed by atoms with van der Waals surface area (Å²) in [4.78, 5) is 4.47. The highest BCUT2D eigenvalue weighted by Crippen LogP contribution is 2.52. The highest BCUT2D eigenvalue weighted by molar-refractivity contribution is 9.10. The van der Waals surface area contributed by atoms with E-state index in [1.165, 1.54) is 6.07 Å². The number of nitrogens with zero attached hydrogens (tertiary/aromatic N) is 1. The molecule has 2 heterocycles. The van der Waals surface area contributed by atoms with Gasteiger partial charge < -0.3 is 19.9 Å². The number of hydrogen-bond acceptors (Lipinski definition) is 5. The Hall–Kier alpha value is -2.28. The van der Waals surface area contributed by atoms with E-state index in [2.05, 4.69) is 20.9 Å². The second kappa shape index (κ2) is 4.86. The lowest BCUT2D eigenvalue weighted by Crippen LogP contribution is -2.31. The van der Waals surface area contributed by atoms with Gasteiger partial charge >= 0.3 is 0 Å². The lowest BCUT2D eigenvalue weighted by molar-refractivity contribution is 0.261. The number of amidine groups is 1. The number of ether oxygens (including phenoxy) is 3. The smallest absolute Gasteiger partial charge is 0.283 e. The number of aliphatic imine (C=N–C) groups is 1. The van der Waals surface area contributed by atoms with Crippen molar-refractivity contribution in [3.8, 4) is 17.2 Å². The summed E-state index contributed by atoms with van der Waals surface area (Å²) in [7, 11) is 1.57. The Morgan fingerprint density at radius 3 is 2.83 bits per heavy atom. The summed E-state index contributed by atoms with van der Waals surface area (Å²) < 4.78 is 31.5. The van der Waals surface area contributed by atoms with Gasteiger partial charge in [0.25, 0.3) is 6.02 Å². The Morgan fingerprint density at radius 2 is 2.13 bits per heavy atom. The van der Waals surface area contributed by atoms with Gasteiger partial charge in [-0.05, 0) is 30.3 Å². The summed E-state index contributed by atoms with van der Waals surface area (Å²) in [5, 5.41) is 0. The summed E-state index contributed by atoms with van der Waals surface area (Å²) in [6.45, 7) is 0.172. The Kier molecular flexibility index (Phi) is 3.02. The van der Waals surface area contributed by atoms with Gasteiger partial charge in [0.15, 0.2) is 17.1 Å². The standard InChI is InChI=1S/C16H12BrFN2O3/c1-21-9-2-3-13-10(6-9)16(7-22-15(19)20-16)11-4-8(17)5-12(18)14(11)23-13/h2-6H,7H2,1H3,(H2,19,20). The van der Waals surface area contributed by atoms with Crippen LogP contribution >= 0.6 is 15.9 Å². The number of hydrogen-bond donors (Lipinski definition) is 1. The third kappa shape index (κ3) is 1.99. The molecule has 1 unspecified atom stereocenters. The van der Waals surface area contributed by atoms with E-state index in [4.69, 9.17) is 19.9 Å². The zero-order valence-corrected chi connectivity index (χ0v) is 13.7. The molecule has 23 heavy (non-hydrogen) atoms. The number of nitrogens with two attached hydrogens (primary N) is 1. The van der Waals surface area contributed by atoms with Gasteiger partial charge in [-0.25, -0.2) is 9.38 Å². The van der Waals surface area contributed by atoms with Crippen LogP contribution in [0.4, 0.5) is 4.39 Å². The summed E-state index contributed by atoms with van der Waals surface area (Å²) in [6.07, 6.45) is 0. The van der Waals surface area contributed by atoms with E-state index < -0.39 is 11.4 Å². The van der Waals surface area contributed by atoms with Gasteiger partial charge in [-0.3, -0.25) is 0 Å².